The first-order valence-corrected chi connectivity index (χ1v) is 7.96. The van der Waals surface area contributed by atoms with Crippen molar-refractivity contribution in [3.05, 3.63) is 66.1 Å². The summed E-state index contributed by atoms with van der Waals surface area (Å²) in [5, 5.41) is 4.96. The third kappa shape index (κ3) is 5.16. The Bertz CT molecular complexity index is 736. The molecule has 0 atom stereocenters. The zero-order valence-electron chi connectivity index (χ0n) is 11.3. The molecule has 3 nitrogen and oxygen atoms in total. The van der Waals surface area contributed by atoms with Gasteiger partial charge in [0.05, 0.1) is 12.2 Å². The summed E-state index contributed by atoms with van der Waals surface area (Å²) >= 11 is 0. The highest BCUT2D eigenvalue weighted by molar-refractivity contribution is 7.88. The summed E-state index contributed by atoms with van der Waals surface area (Å²) in [6.45, 7) is 0. The Morgan fingerprint density at radius 3 is 1.77 bits per heavy atom. The molecule has 2 rings (SSSR count). The largest absolute Gasteiger partial charge is 0.396 e. The molecule has 0 heterocycles. The Balaban J connectivity index is 2.15. The van der Waals surface area contributed by atoms with Gasteiger partial charge in [0.15, 0.2) is 0 Å². The van der Waals surface area contributed by atoms with Crippen molar-refractivity contribution in [2.75, 3.05) is 0 Å². The average Bonchev–Trinajstić information content (AvgIpc) is 2.37. The number of rotatable bonds is 4. The van der Waals surface area contributed by atoms with E-state index in [9.17, 15) is 21.6 Å². The van der Waals surface area contributed by atoms with Gasteiger partial charge >= 0.3 is 6.18 Å². The van der Waals surface area contributed by atoms with Crippen LogP contribution in [-0.2, 0) is 15.8 Å². The maximum Gasteiger partial charge on any atom is 0.396 e. The van der Waals surface area contributed by atoms with Crippen LogP contribution in [0.5, 0.6) is 0 Å². The van der Waals surface area contributed by atoms with Gasteiger partial charge in [-0.15, -0.1) is 0 Å². The summed E-state index contributed by atoms with van der Waals surface area (Å²) in [6.07, 6.45) is -4.12. The molecule has 22 heavy (non-hydrogen) atoms. The van der Waals surface area contributed by atoms with E-state index in [1.807, 2.05) is 0 Å². The lowest BCUT2D eigenvalue weighted by Crippen LogP contribution is -2.14. The van der Waals surface area contributed by atoms with E-state index >= 15 is 0 Å². The van der Waals surface area contributed by atoms with Crippen LogP contribution in [0, 0.1) is 6.42 Å². The van der Waals surface area contributed by atoms with Crippen molar-refractivity contribution >= 4 is 10.0 Å². The molecule has 0 aliphatic carbocycles. The molecule has 2 aromatic carbocycles. The van der Waals surface area contributed by atoms with Crippen molar-refractivity contribution in [1.82, 2.24) is 0 Å². The highest BCUT2D eigenvalue weighted by atomic mass is 32.2. The first-order valence-electron chi connectivity index (χ1n) is 6.25. The Kier molecular flexibility index (Phi) is 4.58. The highest BCUT2D eigenvalue weighted by Gasteiger charge is 2.28. The zero-order valence-corrected chi connectivity index (χ0v) is 12.2. The Hall–Kier alpha value is -1.86. The number of halogens is 3. The van der Waals surface area contributed by atoms with Gasteiger partial charge in [-0.25, -0.2) is 13.6 Å². The van der Waals surface area contributed by atoms with Gasteiger partial charge in [-0.3, -0.25) is 0 Å². The van der Waals surface area contributed by atoms with Crippen LogP contribution in [0.4, 0.5) is 13.2 Å². The number of nitrogens with two attached hydrogens (primary N) is 1. The lowest BCUT2D eigenvalue weighted by molar-refractivity contribution is -0.0927. The summed E-state index contributed by atoms with van der Waals surface area (Å²) in [4.78, 5) is 0. The molecule has 0 saturated carbocycles. The SMILES string of the molecule is NS(=O)(=O)Cc1ccc(-c2ccc([CH]C(F)(F)F)cc2)cc1. The van der Waals surface area contributed by atoms with E-state index in [0.717, 1.165) is 11.1 Å². The lowest BCUT2D eigenvalue weighted by Gasteiger charge is -2.07. The highest BCUT2D eigenvalue weighted by Crippen LogP contribution is 2.26. The molecular formula is C15H13F3NO2S. The van der Waals surface area contributed by atoms with Crippen LogP contribution in [0.2, 0.25) is 0 Å². The molecule has 117 valence electrons. The maximum absolute atomic E-state index is 12.2. The second-order valence-electron chi connectivity index (χ2n) is 4.81. The average molecular weight is 328 g/mol. The molecule has 0 unspecified atom stereocenters. The maximum atomic E-state index is 12.2. The van der Waals surface area contributed by atoms with E-state index in [-0.39, 0.29) is 17.7 Å². The Morgan fingerprint density at radius 2 is 1.36 bits per heavy atom. The minimum absolute atomic E-state index is 0.0714. The monoisotopic (exact) mass is 328 g/mol. The predicted octanol–water partition coefficient (Wildman–Crippen LogP) is 3.26. The normalized spacial score (nSPS) is 12.4. The van der Waals surface area contributed by atoms with E-state index < -0.39 is 16.2 Å². The topological polar surface area (TPSA) is 60.2 Å². The quantitative estimate of drug-likeness (QED) is 0.936. The van der Waals surface area contributed by atoms with E-state index in [4.69, 9.17) is 5.14 Å². The van der Waals surface area contributed by atoms with Crippen molar-refractivity contribution in [2.45, 2.75) is 11.9 Å². The van der Waals surface area contributed by atoms with E-state index in [1.165, 1.54) is 12.1 Å². The number of hydrogen-bond acceptors (Lipinski definition) is 2. The second kappa shape index (κ2) is 6.10. The zero-order chi connectivity index (χ0) is 16.4. The van der Waals surface area contributed by atoms with Gasteiger partial charge in [-0.1, -0.05) is 48.5 Å². The molecule has 0 amide bonds. The van der Waals surface area contributed by atoms with Gasteiger partial charge < -0.3 is 0 Å². The molecule has 0 fully saturated rings. The molecule has 0 aliphatic rings. The van der Waals surface area contributed by atoms with Crippen molar-refractivity contribution in [3.8, 4) is 11.1 Å². The molecule has 0 bridgehead atoms. The van der Waals surface area contributed by atoms with Crippen molar-refractivity contribution in [2.24, 2.45) is 5.14 Å². The molecule has 0 aliphatic heterocycles. The molecule has 1 radical (unpaired) electrons. The fourth-order valence-electron chi connectivity index (χ4n) is 1.99. The Labute approximate surface area is 126 Å². The molecule has 0 aromatic heterocycles. The third-order valence-electron chi connectivity index (χ3n) is 2.90. The number of sulfonamides is 1. The van der Waals surface area contributed by atoms with E-state index in [0.29, 0.717) is 5.56 Å². The van der Waals surface area contributed by atoms with Crippen molar-refractivity contribution in [1.29, 1.82) is 0 Å². The molecule has 0 spiro atoms. The van der Waals surface area contributed by atoms with Gasteiger partial charge in [0.25, 0.3) is 0 Å². The molecule has 2 aromatic rings. The molecule has 0 saturated heterocycles. The van der Waals surface area contributed by atoms with Crippen molar-refractivity contribution < 1.29 is 21.6 Å². The van der Waals surface area contributed by atoms with Gasteiger partial charge in [-0.2, -0.15) is 13.2 Å². The number of hydrogen-bond donors (Lipinski definition) is 1. The fourth-order valence-corrected chi connectivity index (χ4v) is 2.64. The van der Waals surface area contributed by atoms with Crippen LogP contribution in [0.3, 0.4) is 0 Å². The number of primary sulfonamides is 1. The van der Waals surface area contributed by atoms with Gasteiger partial charge in [-0.05, 0) is 22.3 Å². The third-order valence-corrected chi connectivity index (χ3v) is 3.63. The van der Waals surface area contributed by atoms with E-state index in [1.54, 1.807) is 36.4 Å². The summed E-state index contributed by atoms with van der Waals surface area (Å²) in [5.74, 6) is -0.257. The standard InChI is InChI=1S/C15H13F3NO2S/c16-15(17,18)9-11-1-5-13(6-2-11)14-7-3-12(4-8-14)10-22(19,20)21/h1-9H,10H2,(H2,19,20,21). The van der Waals surface area contributed by atoms with Gasteiger partial charge in [0.1, 0.15) is 0 Å². The number of benzene rings is 2. The van der Waals surface area contributed by atoms with Crippen LogP contribution < -0.4 is 5.14 Å². The minimum atomic E-state index is -4.35. The van der Waals surface area contributed by atoms with Gasteiger partial charge in [0, 0.05) is 0 Å². The lowest BCUT2D eigenvalue weighted by atomic mass is 10.0. The predicted molar refractivity (Wildman–Crippen MR) is 78.1 cm³/mol. The van der Waals surface area contributed by atoms with Crippen LogP contribution in [0.1, 0.15) is 11.1 Å². The fraction of sp³-hybridized carbons (Fsp3) is 0.133. The van der Waals surface area contributed by atoms with Crippen LogP contribution in [-0.4, -0.2) is 14.6 Å². The van der Waals surface area contributed by atoms with Crippen LogP contribution >= 0.6 is 0 Å². The van der Waals surface area contributed by atoms with Crippen LogP contribution in [0.25, 0.3) is 11.1 Å². The van der Waals surface area contributed by atoms with Crippen LogP contribution in [0.15, 0.2) is 48.5 Å². The Morgan fingerprint density at radius 1 is 0.909 bits per heavy atom. The minimum Gasteiger partial charge on any atom is -0.228 e. The molecule has 2 N–H and O–H groups in total. The van der Waals surface area contributed by atoms with E-state index in [2.05, 4.69) is 0 Å². The molecular weight excluding hydrogens is 315 g/mol. The summed E-state index contributed by atoms with van der Waals surface area (Å²) < 4.78 is 58.7. The molecule has 7 heteroatoms. The van der Waals surface area contributed by atoms with Crippen molar-refractivity contribution in [3.63, 3.8) is 0 Å². The number of alkyl halides is 3. The summed E-state index contributed by atoms with van der Waals surface area (Å²) in [6, 6.07) is 12.5. The smallest absolute Gasteiger partial charge is 0.228 e. The summed E-state index contributed by atoms with van der Waals surface area (Å²) in [5.41, 5.74) is 2.13. The summed E-state index contributed by atoms with van der Waals surface area (Å²) in [7, 11) is -3.59. The first-order chi connectivity index (χ1) is 10.1. The first kappa shape index (κ1) is 16.5. The second-order valence-corrected chi connectivity index (χ2v) is 6.43. The van der Waals surface area contributed by atoms with Gasteiger partial charge in [0.2, 0.25) is 10.0 Å².